The van der Waals surface area contributed by atoms with Gasteiger partial charge in [0.2, 0.25) is 0 Å². The van der Waals surface area contributed by atoms with Gasteiger partial charge in [-0.1, -0.05) is 0 Å². The van der Waals surface area contributed by atoms with Crippen molar-refractivity contribution < 1.29 is 25.2 Å². The smallest absolute Gasteiger partial charge is 0.337 e. The Morgan fingerprint density at radius 1 is 1.36 bits per heavy atom. The van der Waals surface area contributed by atoms with Crippen LogP contribution in [-0.4, -0.2) is 26.4 Å². The monoisotopic (exact) mass is 262 g/mol. The number of phenolic OH excluding ortho intramolecular Hbond substituents is 2. The van der Waals surface area contributed by atoms with Gasteiger partial charge in [-0.15, -0.1) is 0 Å². The molecule has 6 heteroatoms. The predicted octanol–water partition coefficient (Wildman–Crippen LogP) is 0.978. The topological polar surface area (TPSA) is 98.0 Å². The van der Waals surface area contributed by atoms with E-state index in [0.29, 0.717) is 0 Å². The molecule has 0 saturated heterocycles. The number of hydrogen-bond donors (Lipinski definition) is 4. The predicted molar refractivity (Wildman–Crippen MR) is 50.1 cm³/mol. The fraction of sp³-hybridized carbons (Fsp3) is 0.125. The molecule has 0 aliphatic carbocycles. The third-order valence-corrected chi connectivity index (χ3v) is 2.22. The highest BCUT2D eigenvalue weighted by Crippen LogP contribution is 2.35. The van der Waals surface area contributed by atoms with E-state index in [-0.39, 0.29) is 10.0 Å². The number of phenols is 2. The third kappa shape index (κ3) is 1.97. The van der Waals surface area contributed by atoms with Crippen molar-refractivity contribution in [2.45, 2.75) is 6.10 Å². The summed E-state index contributed by atoms with van der Waals surface area (Å²) in [7, 11) is 0. The summed E-state index contributed by atoms with van der Waals surface area (Å²) in [5, 5.41) is 35.9. The van der Waals surface area contributed by atoms with Gasteiger partial charge < -0.3 is 20.4 Å². The van der Waals surface area contributed by atoms with Crippen LogP contribution in [0.2, 0.25) is 0 Å². The van der Waals surface area contributed by atoms with E-state index in [1.807, 2.05) is 0 Å². The third-order valence-electron chi connectivity index (χ3n) is 1.62. The maximum absolute atomic E-state index is 10.4. The fourth-order valence-electron chi connectivity index (χ4n) is 0.905. The van der Waals surface area contributed by atoms with Gasteiger partial charge in [0, 0.05) is 0 Å². The molecule has 5 nitrogen and oxygen atoms in total. The molecule has 14 heavy (non-hydrogen) atoms. The summed E-state index contributed by atoms with van der Waals surface area (Å²) in [5.74, 6) is -2.32. The number of carboxylic acid groups (broad SMARTS) is 1. The number of aliphatic hydroxyl groups is 1. The molecule has 0 bridgehead atoms. The van der Waals surface area contributed by atoms with Crippen LogP contribution in [0.3, 0.4) is 0 Å². The maximum atomic E-state index is 10.4. The summed E-state index contributed by atoms with van der Waals surface area (Å²) in [4.78, 5) is 10.4. The van der Waals surface area contributed by atoms with E-state index in [1.165, 1.54) is 6.07 Å². The summed E-state index contributed by atoms with van der Waals surface area (Å²) in [6, 6.07) is 2.20. The lowest BCUT2D eigenvalue weighted by molar-refractivity contribution is -0.146. The van der Waals surface area contributed by atoms with Crippen LogP contribution < -0.4 is 0 Å². The first-order chi connectivity index (χ1) is 6.43. The van der Waals surface area contributed by atoms with E-state index in [9.17, 15) is 4.79 Å². The Morgan fingerprint density at radius 3 is 2.36 bits per heavy atom. The molecule has 1 rings (SSSR count). The second-order valence-electron chi connectivity index (χ2n) is 2.61. The van der Waals surface area contributed by atoms with Crippen molar-refractivity contribution >= 4 is 21.9 Å². The zero-order valence-corrected chi connectivity index (χ0v) is 8.39. The molecule has 0 spiro atoms. The Bertz CT molecular complexity index is 353. The van der Waals surface area contributed by atoms with Crippen molar-refractivity contribution in [3.05, 3.63) is 22.2 Å². The van der Waals surface area contributed by atoms with E-state index in [0.717, 1.165) is 6.07 Å². The van der Waals surface area contributed by atoms with Crippen molar-refractivity contribution in [1.29, 1.82) is 0 Å². The normalized spacial score (nSPS) is 12.4. The van der Waals surface area contributed by atoms with Crippen molar-refractivity contribution in [1.82, 2.24) is 0 Å². The van der Waals surface area contributed by atoms with E-state index < -0.39 is 23.6 Å². The van der Waals surface area contributed by atoms with Crippen molar-refractivity contribution in [3.8, 4) is 11.5 Å². The molecule has 4 N–H and O–H groups in total. The number of rotatable bonds is 2. The molecule has 0 saturated carbocycles. The Balaban J connectivity index is 3.19. The van der Waals surface area contributed by atoms with E-state index in [2.05, 4.69) is 15.9 Å². The van der Waals surface area contributed by atoms with Gasteiger partial charge in [0.25, 0.3) is 0 Å². The lowest BCUT2D eigenvalue weighted by atomic mass is 10.1. The molecule has 0 fully saturated rings. The SMILES string of the molecule is O=C(O)C(O)c1cc(O)c(O)c(Br)c1. The van der Waals surface area contributed by atoms with Crippen LogP contribution in [-0.2, 0) is 4.79 Å². The second kappa shape index (κ2) is 3.85. The minimum Gasteiger partial charge on any atom is -0.504 e. The summed E-state index contributed by atoms with van der Waals surface area (Å²) in [6.07, 6.45) is -1.72. The van der Waals surface area contributed by atoms with Crippen LogP contribution in [0.5, 0.6) is 11.5 Å². The summed E-state index contributed by atoms with van der Waals surface area (Å²) in [6.45, 7) is 0. The summed E-state index contributed by atoms with van der Waals surface area (Å²) in [5.41, 5.74) is -0.0142. The van der Waals surface area contributed by atoms with Crippen LogP contribution >= 0.6 is 15.9 Å². The number of benzene rings is 1. The van der Waals surface area contributed by atoms with Gasteiger partial charge in [0.15, 0.2) is 17.6 Å². The Labute approximate surface area is 87.4 Å². The Hall–Kier alpha value is -1.27. The highest BCUT2D eigenvalue weighted by atomic mass is 79.9. The minimum atomic E-state index is -1.72. The number of aliphatic hydroxyl groups excluding tert-OH is 1. The van der Waals surface area contributed by atoms with Gasteiger partial charge in [-0.2, -0.15) is 0 Å². The van der Waals surface area contributed by atoms with Crippen molar-refractivity contribution in [3.63, 3.8) is 0 Å². The first-order valence-electron chi connectivity index (χ1n) is 3.55. The highest BCUT2D eigenvalue weighted by Gasteiger charge is 2.18. The number of hydrogen-bond acceptors (Lipinski definition) is 4. The minimum absolute atomic E-state index is 0.0142. The number of aromatic hydroxyl groups is 2. The molecule has 1 atom stereocenters. The number of carbonyl (C=O) groups is 1. The van der Waals surface area contributed by atoms with E-state index in [1.54, 1.807) is 0 Å². The van der Waals surface area contributed by atoms with Gasteiger partial charge in [0.05, 0.1) is 4.47 Å². The average Bonchev–Trinajstić information content (AvgIpc) is 2.12. The van der Waals surface area contributed by atoms with Crippen LogP contribution in [0.4, 0.5) is 0 Å². The molecule has 1 aromatic carbocycles. The van der Waals surface area contributed by atoms with Gasteiger partial charge in [-0.3, -0.25) is 0 Å². The Morgan fingerprint density at radius 2 is 1.93 bits per heavy atom. The molecular weight excluding hydrogens is 256 g/mol. The van der Waals surface area contributed by atoms with Gasteiger partial charge in [-0.25, -0.2) is 4.79 Å². The number of aliphatic carboxylic acids is 1. The summed E-state index contributed by atoms with van der Waals surface area (Å²) < 4.78 is 0.118. The quantitative estimate of drug-likeness (QED) is 0.596. The number of halogens is 1. The first kappa shape index (κ1) is 10.8. The summed E-state index contributed by atoms with van der Waals surface area (Å²) >= 11 is 2.90. The second-order valence-corrected chi connectivity index (χ2v) is 3.47. The maximum Gasteiger partial charge on any atom is 0.337 e. The van der Waals surface area contributed by atoms with Crippen molar-refractivity contribution in [2.24, 2.45) is 0 Å². The van der Waals surface area contributed by atoms with Crippen LogP contribution in [0.15, 0.2) is 16.6 Å². The zero-order chi connectivity index (χ0) is 10.9. The Kier molecular flexibility index (Phi) is 2.97. The van der Waals surface area contributed by atoms with Gasteiger partial charge >= 0.3 is 5.97 Å². The molecule has 76 valence electrons. The molecule has 1 unspecified atom stereocenters. The van der Waals surface area contributed by atoms with E-state index in [4.69, 9.17) is 20.4 Å². The molecule has 0 aliphatic rings. The van der Waals surface area contributed by atoms with Crippen LogP contribution in [0.25, 0.3) is 0 Å². The van der Waals surface area contributed by atoms with Gasteiger partial charge in [0.1, 0.15) is 0 Å². The number of carboxylic acids is 1. The molecule has 1 aromatic rings. The lowest BCUT2D eigenvalue weighted by Crippen LogP contribution is -2.10. The molecule has 0 aromatic heterocycles. The fourth-order valence-corrected chi connectivity index (χ4v) is 1.37. The molecular formula is C8H7BrO5. The van der Waals surface area contributed by atoms with Gasteiger partial charge in [-0.05, 0) is 33.6 Å². The lowest BCUT2D eigenvalue weighted by Gasteiger charge is -2.08. The standard InChI is InChI=1S/C8H7BrO5/c9-4-1-3(6(11)8(13)14)2-5(10)7(4)12/h1-2,6,10-12H,(H,13,14). The first-order valence-corrected chi connectivity index (χ1v) is 4.35. The largest absolute Gasteiger partial charge is 0.504 e. The van der Waals surface area contributed by atoms with Crippen molar-refractivity contribution in [2.75, 3.05) is 0 Å². The van der Waals surface area contributed by atoms with Crippen LogP contribution in [0, 0.1) is 0 Å². The molecule has 0 amide bonds. The molecule has 0 aliphatic heterocycles. The average molecular weight is 263 g/mol. The van der Waals surface area contributed by atoms with Crippen LogP contribution in [0.1, 0.15) is 11.7 Å². The van der Waals surface area contributed by atoms with E-state index >= 15 is 0 Å². The molecule has 0 radical (unpaired) electrons. The molecule has 0 heterocycles. The highest BCUT2D eigenvalue weighted by molar-refractivity contribution is 9.10. The zero-order valence-electron chi connectivity index (χ0n) is 6.81.